The summed E-state index contributed by atoms with van der Waals surface area (Å²) in [4.78, 5) is 25.7. The number of hydrogen-bond acceptors (Lipinski definition) is 4. The molecule has 1 heterocycles. The van der Waals surface area contributed by atoms with Crippen LogP contribution in [0.2, 0.25) is 0 Å². The molecular weight excluding hydrogens is 220 g/mol. The van der Waals surface area contributed by atoms with Crippen molar-refractivity contribution in [2.24, 2.45) is 0 Å². The number of pyridine rings is 1. The zero-order valence-corrected chi connectivity index (χ0v) is 9.77. The van der Waals surface area contributed by atoms with Crippen molar-refractivity contribution in [2.75, 3.05) is 13.7 Å². The van der Waals surface area contributed by atoms with Crippen LogP contribution in [0.4, 0.5) is 0 Å². The minimum absolute atomic E-state index is 0.0837. The molecule has 1 N–H and O–H groups in total. The van der Waals surface area contributed by atoms with Gasteiger partial charge in [-0.1, -0.05) is 12.2 Å². The second kappa shape index (κ2) is 6.42. The number of carbonyl (C=O) groups is 2. The predicted octanol–water partition coefficient (Wildman–Crippen LogP) is 1.02. The van der Waals surface area contributed by atoms with E-state index in [0.29, 0.717) is 6.54 Å². The monoisotopic (exact) mass is 234 g/mol. The fraction of sp³-hybridized carbons (Fsp3) is 0.250. The van der Waals surface area contributed by atoms with E-state index >= 15 is 0 Å². The molecule has 1 aromatic heterocycles. The summed E-state index contributed by atoms with van der Waals surface area (Å²) in [6, 6.07) is 3.38. The third-order valence-corrected chi connectivity index (χ3v) is 1.96. The molecule has 0 aliphatic carbocycles. The van der Waals surface area contributed by atoms with E-state index in [1.54, 1.807) is 24.3 Å². The number of ether oxygens (including phenoxy) is 1. The molecule has 0 aromatic carbocycles. The van der Waals surface area contributed by atoms with Crippen LogP contribution in [0, 0.1) is 0 Å². The zero-order valence-electron chi connectivity index (χ0n) is 9.77. The molecule has 0 fully saturated rings. The predicted molar refractivity (Wildman–Crippen MR) is 63.3 cm³/mol. The molecule has 1 amide bonds. The number of carbonyl (C=O) groups excluding carboxylic acids is 2. The molecule has 0 bridgehead atoms. The molecule has 90 valence electrons. The van der Waals surface area contributed by atoms with Crippen LogP contribution in [-0.4, -0.2) is 30.5 Å². The third-order valence-electron chi connectivity index (χ3n) is 1.96. The Kier molecular flexibility index (Phi) is 4.87. The number of hydrogen-bond donors (Lipinski definition) is 1. The van der Waals surface area contributed by atoms with Gasteiger partial charge in [0.2, 0.25) is 5.91 Å². The van der Waals surface area contributed by atoms with Crippen LogP contribution in [0.1, 0.15) is 23.0 Å². The van der Waals surface area contributed by atoms with Gasteiger partial charge in [0, 0.05) is 19.7 Å². The van der Waals surface area contributed by atoms with Gasteiger partial charge >= 0.3 is 5.97 Å². The SMILES string of the molecule is COC(=O)c1cc(C=CCNC(C)=O)ccn1. The van der Waals surface area contributed by atoms with Gasteiger partial charge in [0.05, 0.1) is 7.11 Å². The second-order valence-corrected chi connectivity index (χ2v) is 3.31. The summed E-state index contributed by atoms with van der Waals surface area (Å²) in [6.07, 6.45) is 5.12. The highest BCUT2D eigenvalue weighted by atomic mass is 16.5. The van der Waals surface area contributed by atoms with Gasteiger partial charge < -0.3 is 10.1 Å². The van der Waals surface area contributed by atoms with E-state index in [1.807, 2.05) is 0 Å². The van der Waals surface area contributed by atoms with Gasteiger partial charge in [-0.05, 0) is 17.7 Å². The first kappa shape index (κ1) is 12.9. The van der Waals surface area contributed by atoms with E-state index in [0.717, 1.165) is 5.56 Å². The van der Waals surface area contributed by atoms with Crippen LogP contribution in [0.25, 0.3) is 6.08 Å². The number of nitrogens with zero attached hydrogens (tertiary/aromatic N) is 1. The summed E-state index contributed by atoms with van der Waals surface area (Å²) in [7, 11) is 1.31. The number of aromatic nitrogens is 1. The molecule has 5 heteroatoms. The molecular formula is C12H14N2O3. The van der Waals surface area contributed by atoms with Gasteiger partial charge in [-0.3, -0.25) is 4.79 Å². The van der Waals surface area contributed by atoms with Crippen molar-refractivity contribution in [1.29, 1.82) is 0 Å². The lowest BCUT2D eigenvalue weighted by atomic mass is 10.2. The quantitative estimate of drug-likeness (QED) is 0.790. The van der Waals surface area contributed by atoms with Crippen molar-refractivity contribution in [3.63, 3.8) is 0 Å². The second-order valence-electron chi connectivity index (χ2n) is 3.31. The van der Waals surface area contributed by atoms with Crippen LogP contribution in [0.3, 0.4) is 0 Å². The Hall–Kier alpha value is -2.17. The third kappa shape index (κ3) is 4.46. The van der Waals surface area contributed by atoms with E-state index in [9.17, 15) is 9.59 Å². The van der Waals surface area contributed by atoms with Crippen molar-refractivity contribution < 1.29 is 14.3 Å². The Labute approximate surface area is 99.5 Å². The van der Waals surface area contributed by atoms with Crippen LogP contribution < -0.4 is 5.32 Å². The van der Waals surface area contributed by atoms with E-state index in [4.69, 9.17) is 0 Å². The summed E-state index contributed by atoms with van der Waals surface area (Å²) >= 11 is 0. The lowest BCUT2D eigenvalue weighted by Crippen LogP contribution is -2.19. The lowest BCUT2D eigenvalue weighted by molar-refractivity contribution is -0.118. The molecule has 0 saturated carbocycles. The van der Waals surface area contributed by atoms with Crippen LogP contribution in [-0.2, 0) is 9.53 Å². The van der Waals surface area contributed by atoms with Crippen molar-refractivity contribution >= 4 is 18.0 Å². The van der Waals surface area contributed by atoms with Crippen molar-refractivity contribution in [3.8, 4) is 0 Å². The molecule has 0 radical (unpaired) electrons. The topological polar surface area (TPSA) is 68.3 Å². The molecule has 0 atom stereocenters. The number of methoxy groups -OCH3 is 1. The molecule has 1 aromatic rings. The molecule has 0 aliphatic rings. The molecule has 0 saturated heterocycles. The summed E-state index contributed by atoms with van der Waals surface area (Å²) in [5.41, 5.74) is 1.08. The van der Waals surface area contributed by atoms with Gasteiger partial charge in [-0.2, -0.15) is 0 Å². The Morgan fingerprint density at radius 3 is 2.94 bits per heavy atom. The fourth-order valence-electron chi connectivity index (χ4n) is 1.16. The van der Waals surface area contributed by atoms with E-state index in [-0.39, 0.29) is 11.6 Å². The van der Waals surface area contributed by atoms with Crippen LogP contribution in [0.15, 0.2) is 24.4 Å². The molecule has 0 unspecified atom stereocenters. The molecule has 0 aliphatic heterocycles. The average molecular weight is 234 g/mol. The van der Waals surface area contributed by atoms with Crippen LogP contribution >= 0.6 is 0 Å². The Balaban J connectivity index is 2.65. The molecule has 5 nitrogen and oxygen atoms in total. The first-order valence-corrected chi connectivity index (χ1v) is 5.09. The maximum atomic E-state index is 11.2. The minimum atomic E-state index is -0.470. The van der Waals surface area contributed by atoms with Gasteiger partial charge in [0.15, 0.2) is 0 Å². The highest BCUT2D eigenvalue weighted by Crippen LogP contribution is 2.04. The van der Waals surface area contributed by atoms with Crippen molar-refractivity contribution in [2.45, 2.75) is 6.92 Å². The van der Waals surface area contributed by atoms with Crippen molar-refractivity contribution in [3.05, 3.63) is 35.7 Å². The molecule has 1 rings (SSSR count). The highest BCUT2D eigenvalue weighted by molar-refractivity contribution is 5.87. The first-order valence-electron chi connectivity index (χ1n) is 5.09. The van der Waals surface area contributed by atoms with E-state index in [1.165, 1.54) is 20.2 Å². The largest absolute Gasteiger partial charge is 0.464 e. The molecule has 0 spiro atoms. The minimum Gasteiger partial charge on any atom is -0.464 e. The van der Waals surface area contributed by atoms with Crippen molar-refractivity contribution in [1.82, 2.24) is 10.3 Å². The Morgan fingerprint density at radius 1 is 1.53 bits per heavy atom. The summed E-state index contributed by atoms with van der Waals surface area (Å²) < 4.78 is 4.57. The smallest absolute Gasteiger partial charge is 0.356 e. The summed E-state index contributed by atoms with van der Waals surface area (Å²) in [5, 5.41) is 2.63. The standard InChI is InChI=1S/C12H14N2O3/c1-9(15)13-6-3-4-10-5-7-14-11(8-10)12(16)17-2/h3-5,7-8H,6H2,1-2H3,(H,13,15). The number of amides is 1. The van der Waals surface area contributed by atoms with Crippen LogP contribution in [0.5, 0.6) is 0 Å². The number of rotatable bonds is 4. The number of nitrogens with one attached hydrogen (secondary N) is 1. The maximum Gasteiger partial charge on any atom is 0.356 e. The normalized spacial score (nSPS) is 10.2. The van der Waals surface area contributed by atoms with Gasteiger partial charge in [0.1, 0.15) is 5.69 Å². The first-order chi connectivity index (χ1) is 8.13. The van der Waals surface area contributed by atoms with Gasteiger partial charge in [-0.15, -0.1) is 0 Å². The Morgan fingerprint density at radius 2 is 2.29 bits per heavy atom. The van der Waals surface area contributed by atoms with E-state index < -0.39 is 5.97 Å². The molecule has 17 heavy (non-hydrogen) atoms. The fourth-order valence-corrected chi connectivity index (χ4v) is 1.16. The average Bonchev–Trinajstić information content (AvgIpc) is 2.34. The Bertz CT molecular complexity index is 441. The van der Waals surface area contributed by atoms with Gasteiger partial charge in [-0.25, -0.2) is 9.78 Å². The zero-order chi connectivity index (χ0) is 12.7. The van der Waals surface area contributed by atoms with E-state index in [2.05, 4.69) is 15.0 Å². The lowest BCUT2D eigenvalue weighted by Gasteiger charge is -1.99. The highest BCUT2D eigenvalue weighted by Gasteiger charge is 2.05. The summed E-state index contributed by atoms with van der Waals surface area (Å²) in [6.45, 7) is 1.90. The van der Waals surface area contributed by atoms with Gasteiger partial charge in [0.25, 0.3) is 0 Å². The number of esters is 1. The summed E-state index contributed by atoms with van der Waals surface area (Å²) in [5.74, 6) is -0.554. The maximum absolute atomic E-state index is 11.2.